The van der Waals surface area contributed by atoms with Gasteiger partial charge in [-0.05, 0) is 12.1 Å². The molecule has 1 aromatic rings. The van der Waals surface area contributed by atoms with Crippen LogP contribution in [0.3, 0.4) is 0 Å². The molecule has 0 aliphatic heterocycles. The second-order valence-electron chi connectivity index (χ2n) is 3.35. The molecular formula is C11H11ClFNO4. The number of benzene rings is 1. The molecule has 1 atom stereocenters. The average molecular weight is 276 g/mol. The minimum Gasteiger partial charge on any atom is -0.467 e. The molecule has 18 heavy (non-hydrogen) atoms. The van der Waals surface area contributed by atoms with Crippen molar-refractivity contribution < 1.29 is 23.8 Å². The average Bonchev–Trinajstić information content (AvgIpc) is 2.37. The summed E-state index contributed by atoms with van der Waals surface area (Å²) >= 11 is 5.52. The van der Waals surface area contributed by atoms with Crippen LogP contribution in [0.15, 0.2) is 18.2 Å². The highest BCUT2D eigenvalue weighted by molar-refractivity contribution is 6.31. The first-order valence-corrected chi connectivity index (χ1v) is 5.33. The van der Waals surface area contributed by atoms with Crippen molar-refractivity contribution in [2.45, 2.75) is 6.10 Å². The lowest BCUT2D eigenvalue weighted by molar-refractivity contribution is -0.149. The first-order chi connectivity index (χ1) is 8.47. The van der Waals surface area contributed by atoms with Gasteiger partial charge in [0.05, 0.1) is 24.2 Å². The highest BCUT2D eigenvalue weighted by Crippen LogP contribution is 2.17. The second kappa shape index (κ2) is 6.32. The predicted octanol–water partition coefficient (Wildman–Crippen LogP) is 0.743. The molecular weight excluding hydrogens is 265 g/mol. The number of hydrogen-bond acceptors (Lipinski definition) is 4. The largest absolute Gasteiger partial charge is 0.467 e. The van der Waals surface area contributed by atoms with Crippen molar-refractivity contribution in [2.24, 2.45) is 0 Å². The van der Waals surface area contributed by atoms with Crippen LogP contribution < -0.4 is 5.32 Å². The Bertz CT molecular complexity index is 466. The Morgan fingerprint density at radius 3 is 2.83 bits per heavy atom. The third-order valence-corrected chi connectivity index (χ3v) is 2.42. The molecule has 0 saturated heterocycles. The Morgan fingerprint density at radius 2 is 2.22 bits per heavy atom. The molecule has 0 bridgehead atoms. The SMILES string of the molecule is COC(=O)C(O)CNC(=O)c1cccc(Cl)c1F. The summed E-state index contributed by atoms with van der Waals surface area (Å²) in [6, 6.07) is 3.95. The number of carbonyl (C=O) groups excluding carboxylic acids is 2. The third kappa shape index (κ3) is 3.41. The van der Waals surface area contributed by atoms with Crippen LogP contribution in [-0.4, -0.2) is 36.7 Å². The number of rotatable bonds is 4. The van der Waals surface area contributed by atoms with E-state index in [9.17, 15) is 19.1 Å². The number of methoxy groups -OCH3 is 1. The standard InChI is InChI=1S/C11H11ClFNO4/c1-18-11(17)8(15)5-14-10(16)6-3-2-4-7(12)9(6)13/h2-4,8,15H,5H2,1H3,(H,14,16). The van der Waals surface area contributed by atoms with Crippen molar-refractivity contribution in [1.29, 1.82) is 0 Å². The number of hydrogen-bond donors (Lipinski definition) is 2. The van der Waals surface area contributed by atoms with E-state index in [0.717, 1.165) is 7.11 Å². The molecule has 2 N–H and O–H groups in total. The number of aliphatic hydroxyl groups is 1. The van der Waals surface area contributed by atoms with Crippen molar-refractivity contribution >= 4 is 23.5 Å². The summed E-state index contributed by atoms with van der Waals surface area (Å²) in [7, 11) is 1.10. The summed E-state index contributed by atoms with van der Waals surface area (Å²) in [5.41, 5.74) is -0.264. The Kier molecular flexibility index (Phi) is 5.06. The number of ether oxygens (including phenoxy) is 1. The van der Waals surface area contributed by atoms with Crippen LogP contribution in [0.5, 0.6) is 0 Å². The van der Waals surface area contributed by atoms with Crippen molar-refractivity contribution in [1.82, 2.24) is 5.32 Å². The molecule has 5 nitrogen and oxygen atoms in total. The van der Waals surface area contributed by atoms with Gasteiger partial charge in [-0.15, -0.1) is 0 Å². The number of amides is 1. The molecule has 0 fully saturated rings. The van der Waals surface area contributed by atoms with E-state index >= 15 is 0 Å². The Hall–Kier alpha value is -1.66. The lowest BCUT2D eigenvalue weighted by Gasteiger charge is -2.10. The Balaban J connectivity index is 2.66. The lowest BCUT2D eigenvalue weighted by atomic mass is 10.2. The topological polar surface area (TPSA) is 75.6 Å². The normalized spacial score (nSPS) is 11.8. The van der Waals surface area contributed by atoms with E-state index in [4.69, 9.17) is 11.6 Å². The van der Waals surface area contributed by atoms with Gasteiger partial charge in [-0.3, -0.25) is 4.79 Å². The van der Waals surface area contributed by atoms with Crippen LogP contribution in [0.25, 0.3) is 0 Å². The van der Waals surface area contributed by atoms with E-state index in [1.54, 1.807) is 0 Å². The molecule has 0 aliphatic rings. The van der Waals surface area contributed by atoms with E-state index in [2.05, 4.69) is 10.1 Å². The molecule has 98 valence electrons. The molecule has 0 heterocycles. The van der Waals surface area contributed by atoms with Gasteiger partial charge in [0.15, 0.2) is 11.9 Å². The number of halogens is 2. The fraction of sp³-hybridized carbons (Fsp3) is 0.273. The maximum atomic E-state index is 13.5. The molecule has 0 aliphatic carbocycles. The molecule has 0 saturated carbocycles. The first kappa shape index (κ1) is 14.4. The molecule has 1 aromatic carbocycles. The Labute approximate surface area is 108 Å². The summed E-state index contributed by atoms with van der Waals surface area (Å²) in [6.45, 7) is -0.378. The fourth-order valence-corrected chi connectivity index (χ4v) is 1.36. The summed E-state index contributed by atoms with van der Waals surface area (Å²) in [5.74, 6) is -2.52. The molecule has 7 heteroatoms. The van der Waals surface area contributed by atoms with Gasteiger partial charge in [0.1, 0.15) is 0 Å². The van der Waals surface area contributed by atoms with Gasteiger partial charge in [0.2, 0.25) is 0 Å². The maximum absolute atomic E-state index is 13.5. The zero-order valence-corrected chi connectivity index (χ0v) is 10.2. The fourth-order valence-electron chi connectivity index (χ4n) is 1.18. The summed E-state index contributed by atoms with van der Waals surface area (Å²) in [4.78, 5) is 22.4. The van der Waals surface area contributed by atoms with Crippen LogP contribution >= 0.6 is 11.6 Å². The highest BCUT2D eigenvalue weighted by atomic mass is 35.5. The maximum Gasteiger partial charge on any atom is 0.336 e. The third-order valence-electron chi connectivity index (χ3n) is 2.13. The minimum atomic E-state index is -1.50. The predicted molar refractivity (Wildman–Crippen MR) is 61.8 cm³/mol. The van der Waals surface area contributed by atoms with Crippen LogP contribution in [-0.2, 0) is 9.53 Å². The summed E-state index contributed by atoms with van der Waals surface area (Å²) in [5, 5.41) is 11.2. The number of aliphatic hydroxyl groups excluding tert-OH is 1. The van der Waals surface area contributed by atoms with E-state index in [1.807, 2.05) is 0 Å². The van der Waals surface area contributed by atoms with Gasteiger partial charge in [-0.1, -0.05) is 17.7 Å². The quantitative estimate of drug-likeness (QED) is 0.795. The van der Waals surface area contributed by atoms with Gasteiger partial charge in [-0.25, -0.2) is 9.18 Å². The molecule has 0 spiro atoms. The molecule has 0 aromatic heterocycles. The minimum absolute atomic E-state index is 0.184. The van der Waals surface area contributed by atoms with Crippen LogP contribution in [0.4, 0.5) is 4.39 Å². The Morgan fingerprint density at radius 1 is 1.56 bits per heavy atom. The summed E-state index contributed by atoms with van der Waals surface area (Å²) in [6.07, 6.45) is -1.50. The zero-order chi connectivity index (χ0) is 13.7. The van der Waals surface area contributed by atoms with Gasteiger partial charge >= 0.3 is 5.97 Å². The van der Waals surface area contributed by atoms with Gasteiger partial charge in [0, 0.05) is 0 Å². The van der Waals surface area contributed by atoms with Crippen LogP contribution in [0.1, 0.15) is 10.4 Å². The number of esters is 1. The van der Waals surface area contributed by atoms with Gasteiger partial charge in [0.25, 0.3) is 5.91 Å². The van der Waals surface area contributed by atoms with Gasteiger partial charge in [-0.2, -0.15) is 0 Å². The van der Waals surface area contributed by atoms with E-state index < -0.39 is 23.8 Å². The first-order valence-electron chi connectivity index (χ1n) is 4.95. The molecule has 0 radical (unpaired) electrons. The lowest BCUT2D eigenvalue weighted by Crippen LogP contribution is -2.37. The van der Waals surface area contributed by atoms with Crippen molar-refractivity contribution in [2.75, 3.05) is 13.7 Å². The molecule has 1 amide bonds. The van der Waals surface area contributed by atoms with Crippen molar-refractivity contribution in [3.8, 4) is 0 Å². The monoisotopic (exact) mass is 275 g/mol. The van der Waals surface area contributed by atoms with E-state index in [-0.39, 0.29) is 17.1 Å². The van der Waals surface area contributed by atoms with Crippen LogP contribution in [0, 0.1) is 5.82 Å². The van der Waals surface area contributed by atoms with Crippen molar-refractivity contribution in [3.05, 3.63) is 34.6 Å². The van der Waals surface area contributed by atoms with Crippen molar-refractivity contribution in [3.63, 3.8) is 0 Å². The van der Waals surface area contributed by atoms with E-state index in [0.29, 0.717) is 0 Å². The van der Waals surface area contributed by atoms with E-state index in [1.165, 1.54) is 18.2 Å². The van der Waals surface area contributed by atoms with Gasteiger partial charge < -0.3 is 15.2 Å². The second-order valence-corrected chi connectivity index (χ2v) is 3.76. The highest BCUT2D eigenvalue weighted by Gasteiger charge is 2.18. The summed E-state index contributed by atoms with van der Waals surface area (Å²) < 4.78 is 17.7. The van der Waals surface area contributed by atoms with Crippen LogP contribution in [0.2, 0.25) is 5.02 Å². The molecule has 1 unspecified atom stereocenters. The number of carbonyl (C=O) groups is 2. The smallest absolute Gasteiger partial charge is 0.336 e. The zero-order valence-electron chi connectivity index (χ0n) is 9.44. The number of nitrogens with one attached hydrogen (secondary N) is 1. The molecule has 1 rings (SSSR count).